The van der Waals surface area contributed by atoms with Crippen LogP contribution in [0.5, 0.6) is 5.75 Å². The van der Waals surface area contributed by atoms with Gasteiger partial charge in [-0.15, -0.1) is 0 Å². The van der Waals surface area contributed by atoms with Crippen molar-refractivity contribution >= 4 is 27.8 Å². The van der Waals surface area contributed by atoms with Crippen LogP contribution in [0.2, 0.25) is 5.15 Å². The molecule has 7 nitrogen and oxygen atoms in total. The largest absolute Gasteiger partial charge is 0.490 e. The number of halogens is 1. The summed E-state index contributed by atoms with van der Waals surface area (Å²) in [5, 5.41) is 0.381. The second-order valence-electron chi connectivity index (χ2n) is 6.76. The topological polar surface area (TPSA) is 115 Å². The average Bonchev–Trinajstić information content (AvgIpc) is 2.73. The Balaban J connectivity index is 0.000000262. The van der Waals surface area contributed by atoms with Gasteiger partial charge in [0.05, 0.1) is 16.8 Å². The van der Waals surface area contributed by atoms with Crippen LogP contribution in [0.1, 0.15) is 18.1 Å². The number of hydrogen-bond acceptors (Lipinski definition) is 6. The highest BCUT2D eigenvalue weighted by Crippen LogP contribution is 2.28. The molecule has 0 aliphatic heterocycles. The van der Waals surface area contributed by atoms with Crippen LogP contribution in [-0.4, -0.2) is 35.6 Å². The van der Waals surface area contributed by atoms with Crippen LogP contribution in [0.25, 0.3) is 17.3 Å². The zero-order valence-corrected chi connectivity index (χ0v) is 18.8. The summed E-state index contributed by atoms with van der Waals surface area (Å²) in [4.78, 5) is 8.36. The number of rotatable bonds is 6. The maximum absolute atomic E-state index is 10.5. The van der Waals surface area contributed by atoms with Crippen molar-refractivity contribution in [3.63, 3.8) is 0 Å². The summed E-state index contributed by atoms with van der Waals surface area (Å²) in [6, 6.07) is 11.5. The molecule has 0 spiro atoms. The molecule has 3 aromatic rings. The van der Waals surface area contributed by atoms with Crippen molar-refractivity contribution in [3.05, 3.63) is 77.7 Å². The lowest BCUT2D eigenvalue weighted by Gasteiger charge is -2.10. The lowest BCUT2D eigenvalue weighted by molar-refractivity contribution is 0.295. The zero-order chi connectivity index (χ0) is 23.0. The van der Waals surface area contributed by atoms with E-state index in [0.717, 1.165) is 22.4 Å². The SMILES string of the molecule is C=Cc1ccnc(-c2cc(OC[C@H](C)N)cnc2Cl)c1.Cc1ccc(S(=O)(=O)O)cc1. The summed E-state index contributed by atoms with van der Waals surface area (Å²) in [5.74, 6) is 0.618. The van der Waals surface area contributed by atoms with Gasteiger partial charge >= 0.3 is 0 Å². The molecule has 2 heterocycles. The lowest BCUT2D eigenvalue weighted by Crippen LogP contribution is -2.23. The number of aryl methyl sites for hydroxylation is 1. The van der Waals surface area contributed by atoms with Crippen molar-refractivity contribution in [1.82, 2.24) is 9.97 Å². The second kappa shape index (κ2) is 11.0. The molecule has 31 heavy (non-hydrogen) atoms. The first-order chi connectivity index (χ1) is 14.6. The van der Waals surface area contributed by atoms with Crippen LogP contribution in [0, 0.1) is 6.92 Å². The highest BCUT2D eigenvalue weighted by Gasteiger charge is 2.09. The first-order valence-corrected chi connectivity index (χ1v) is 11.1. The molecule has 0 radical (unpaired) electrons. The molecule has 0 aliphatic rings. The minimum atomic E-state index is -4.02. The molecule has 3 N–H and O–H groups in total. The predicted molar refractivity (Wildman–Crippen MR) is 123 cm³/mol. The van der Waals surface area contributed by atoms with Gasteiger partial charge in [0.2, 0.25) is 0 Å². The average molecular weight is 462 g/mol. The van der Waals surface area contributed by atoms with Gasteiger partial charge in [0.1, 0.15) is 17.5 Å². The molecule has 3 rings (SSSR count). The summed E-state index contributed by atoms with van der Waals surface area (Å²) in [7, 11) is -4.02. The third-order valence-electron chi connectivity index (χ3n) is 3.94. The highest BCUT2D eigenvalue weighted by molar-refractivity contribution is 7.85. The van der Waals surface area contributed by atoms with Crippen LogP contribution in [0.4, 0.5) is 0 Å². The Bertz CT molecular complexity index is 1130. The van der Waals surface area contributed by atoms with Crippen LogP contribution in [-0.2, 0) is 10.1 Å². The van der Waals surface area contributed by atoms with Crippen molar-refractivity contribution in [1.29, 1.82) is 0 Å². The normalized spacial score (nSPS) is 11.8. The molecule has 9 heteroatoms. The molecular weight excluding hydrogens is 438 g/mol. The highest BCUT2D eigenvalue weighted by atomic mass is 35.5. The summed E-state index contributed by atoms with van der Waals surface area (Å²) < 4.78 is 35.1. The Morgan fingerprint density at radius 1 is 1.23 bits per heavy atom. The molecule has 1 aromatic carbocycles. The Morgan fingerprint density at radius 3 is 2.48 bits per heavy atom. The Labute approximate surface area is 187 Å². The van der Waals surface area contributed by atoms with E-state index in [2.05, 4.69) is 16.5 Å². The van der Waals surface area contributed by atoms with Crippen LogP contribution in [0.15, 0.2) is 66.3 Å². The molecule has 0 saturated carbocycles. The van der Waals surface area contributed by atoms with Crippen LogP contribution < -0.4 is 10.5 Å². The van der Waals surface area contributed by atoms with Gasteiger partial charge < -0.3 is 10.5 Å². The van der Waals surface area contributed by atoms with Gasteiger partial charge in [-0.2, -0.15) is 8.42 Å². The first kappa shape index (κ1) is 24.5. The van der Waals surface area contributed by atoms with Crippen molar-refractivity contribution in [2.75, 3.05) is 6.61 Å². The second-order valence-corrected chi connectivity index (χ2v) is 8.54. The Kier molecular flexibility index (Phi) is 8.70. The third-order valence-corrected chi connectivity index (χ3v) is 5.11. The quantitative estimate of drug-likeness (QED) is 0.412. The Hall–Kier alpha value is -2.78. The van der Waals surface area contributed by atoms with Gasteiger partial charge in [-0.3, -0.25) is 9.54 Å². The first-order valence-electron chi connectivity index (χ1n) is 9.27. The van der Waals surface area contributed by atoms with Crippen molar-refractivity contribution in [3.8, 4) is 17.0 Å². The fraction of sp³-hybridized carbons (Fsp3) is 0.182. The Morgan fingerprint density at radius 2 is 1.90 bits per heavy atom. The predicted octanol–water partition coefficient (Wildman–Crippen LogP) is 4.41. The number of benzene rings is 1. The van der Waals surface area contributed by atoms with Gasteiger partial charge in [0, 0.05) is 17.8 Å². The maximum atomic E-state index is 10.5. The molecule has 0 saturated heterocycles. The van der Waals surface area contributed by atoms with E-state index in [1.165, 1.54) is 12.1 Å². The molecule has 2 aromatic heterocycles. The number of aromatic nitrogens is 2. The number of pyridine rings is 2. The molecule has 0 amide bonds. The summed E-state index contributed by atoms with van der Waals surface area (Å²) in [5.41, 5.74) is 9.03. The molecule has 1 atom stereocenters. The molecule has 0 bridgehead atoms. The minimum absolute atomic E-state index is 0.0450. The van der Waals surface area contributed by atoms with Gasteiger partial charge in [-0.25, -0.2) is 4.98 Å². The minimum Gasteiger partial charge on any atom is -0.490 e. The fourth-order valence-corrected chi connectivity index (χ4v) is 3.03. The smallest absolute Gasteiger partial charge is 0.294 e. The molecule has 0 unspecified atom stereocenters. The van der Waals surface area contributed by atoms with Gasteiger partial charge in [-0.1, -0.05) is 42.0 Å². The van der Waals surface area contributed by atoms with E-state index in [1.54, 1.807) is 30.6 Å². The summed E-state index contributed by atoms with van der Waals surface area (Å²) in [6.07, 6.45) is 5.03. The van der Waals surface area contributed by atoms with Gasteiger partial charge in [0.25, 0.3) is 10.1 Å². The molecule has 0 aliphatic carbocycles. The van der Waals surface area contributed by atoms with E-state index in [-0.39, 0.29) is 10.9 Å². The van der Waals surface area contributed by atoms with E-state index < -0.39 is 10.1 Å². The monoisotopic (exact) mass is 461 g/mol. The van der Waals surface area contributed by atoms with Crippen molar-refractivity contribution < 1.29 is 17.7 Å². The third kappa shape index (κ3) is 7.76. The zero-order valence-electron chi connectivity index (χ0n) is 17.2. The van der Waals surface area contributed by atoms with Crippen LogP contribution in [0.3, 0.4) is 0 Å². The van der Waals surface area contributed by atoms with Gasteiger partial charge in [0.15, 0.2) is 0 Å². The summed E-state index contributed by atoms with van der Waals surface area (Å²) >= 11 is 6.13. The van der Waals surface area contributed by atoms with E-state index in [4.69, 9.17) is 26.6 Å². The number of hydrogen-bond donors (Lipinski definition) is 2. The van der Waals surface area contributed by atoms with Crippen LogP contribution >= 0.6 is 11.6 Å². The van der Waals surface area contributed by atoms with Crippen molar-refractivity contribution in [2.24, 2.45) is 5.73 Å². The van der Waals surface area contributed by atoms with E-state index in [9.17, 15) is 8.42 Å². The standard InChI is InChI=1S/C15H16ClN3O.C7H8O3S/c1-3-11-4-5-18-14(6-11)13-7-12(8-19-15(13)16)20-9-10(2)17;1-6-2-4-7(5-3-6)11(8,9)10/h3-8,10H,1,9,17H2,2H3;2-5H,1H3,(H,8,9,10)/t10-;/m0./s1. The maximum Gasteiger partial charge on any atom is 0.294 e. The number of nitrogens with zero attached hydrogens (tertiary/aromatic N) is 2. The fourth-order valence-electron chi connectivity index (χ4n) is 2.35. The molecular formula is C22H24ClN3O4S. The van der Waals surface area contributed by atoms with Crippen molar-refractivity contribution in [2.45, 2.75) is 24.8 Å². The molecule has 0 fully saturated rings. The van der Waals surface area contributed by atoms with Gasteiger partial charge in [-0.05, 0) is 49.7 Å². The number of nitrogens with two attached hydrogens (primary N) is 1. The summed E-state index contributed by atoms with van der Waals surface area (Å²) in [6.45, 7) is 7.87. The van der Waals surface area contributed by atoms with E-state index in [0.29, 0.717) is 17.5 Å². The lowest BCUT2D eigenvalue weighted by atomic mass is 10.1. The van der Waals surface area contributed by atoms with E-state index >= 15 is 0 Å². The van der Waals surface area contributed by atoms with E-state index in [1.807, 2.05) is 32.0 Å². The molecule has 164 valence electrons. The number of ether oxygens (including phenoxy) is 1.